The molecule has 300 valence electrons. The summed E-state index contributed by atoms with van der Waals surface area (Å²) in [6.07, 6.45) is 3.68. The van der Waals surface area contributed by atoms with Crippen LogP contribution in [0.15, 0.2) is 120 Å². The predicted octanol–water partition coefficient (Wildman–Crippen LogP) is 13.1. The average Bonchev–Trinajstić information content (AvgIpc) is 3.76. The standard InChI is InChI=1S/C50H67N3OPSi2/c1-34(2)41-29-22-30-42(35(3)4)45(41)51-44-38-31-32-39(33-38)46(44)55(52(48(5,6)7)56(11,12)53(55)49(8,9)10)50(40-27-20-15-21-28-40)43(36-23-16-13-17-24-36)47(57(50,51)54)37-25-18-14-19-26-37/h13-30,34-35,38-39,43,47,54H,31-33H2,1-12H3/q+1/t38-,39+,43-,47+,50-,57+/m0/s1. The number of benzene rings is 4. The number of hydrogen-bond acceptors (Lipinski definition) is 4. The highest BCUT2D eigenvalue weighted by Gasteiger charge is 3.01. The zero-order valence-corrected chi connectivity index (χ0v) is 39.6. The Balaban J connectivity index is 1.58. The van der Waals surface area contributed by atoms with Gasteiger partial charge in [0.05, 0.1) is 5.70 Å². The zero-order valence-electron chi connectivity index (χ0n) is 36.7. The third-order valence-corrected chi connectivity index (χ3v) is 34.2. The molecule has 2 aliphatic carbocycles. The van der Waals surface area contributed by atoms with Gasteiger partial charge in [0.1, 0.15) is 5.31 Å². The second-order valence-electron chi connectivity index (χ2n) is 21.1. The first-order valence-corrected chi connectivity index (χ1v) is 28.5. The second kappa shape index (κ2) is 13.1. The van der Waals surface area contributed by atoms with Crippen molar-refractivity contribution in [2.45, 2.75) is 141 Å². The first-order valence-electron chi connectivity index (χ1n) is 21.9. The average molecular weight is 813 g/mol. The number of para-hydroxylation sites is 1. The predicted molar refractivity (Wildman–Crippen MR) is 247 cm³/mol. The van der Waals surface area contributed by atoms with Gasteiger partial charge in [-0.3, -0.25) is 0 Å². The van der Waals surface area contributed by atoms with Crippen LogP contribution in [-0.2, 0) is 4.78 Å². The Morgan fingerprint density at radius 3 is 1.61 bits per heavy atom. The topological polar surface area (TPSA) is 30.0 Å². The van der Waals surface area contributed by atoms with E-state index in [4.69, 9.17) is 0 Å². The summed E-state index contributed by atoms with van der Waals surface area (Å²) in [5.41, 5.74) is 9.39. The summed E-state index contributed by atoms with van der Waals surface area (Å²) in [6, 6.07) is 41.6. The largest absolute Gasteiger partial charge is 0.412 e. The van der Waals surface area contributed by atoms with Gasteiger partial charge in [0, 0.05) is 45.6 Å². The third-order valence-electron chi connectivity index (χ3n) is 14.6. The summed E-state index contributed by atoms with van der Waals surface area (Å²) >= 11 is 0. The lowest BCUT2D eigenvalue weighted by atomic mass is 9.83. The van der Waals surface area contributed by atoms with Crippen LogP contribution in [0.3, 0.4) is 0 Å². The summed E-state index contributed by atoms with van der Waals surface area (Å²) in [6.45, 7) is 29.9. The van der Waals surface area contributed by atoms with E-state index in [0.717, 1.165) is 0 Å². The Labute approximate surface area is 347 Å². The summed E-state index contributed by atoms with van der Waals surface area (Å²) in [4.78, 5) is 15.8. The van der Waals surface area contributed by atoms with Crippen molar-refractivity contribution < 1.29 is 4.80 Å². The van der Waals surface area contributed by atoms with Crippen LogP contribution in [0.1, 0.15) is 140 Å². The summed E-state index contributed by atoms with van der Waals surface area (Å²) < 4.78 is 8.69. The van der Waals surface area contributed by atoms with Gasteiger partial charge in [-0.05, 0) is 108 Å². The van der Waals surface area contributed by atoms with Gasteiger partial charge in [0.25, 0.3) is 8.40 Å². The maximum absolute atomic E-state index is 15.8. The van der Waals surface area contributed by atoms with Gasteiger partial charge in [-0.25, -0.2) is 0 Å². The van der Waals surface area contributed by atoms with Crippen molar-refractivity contribution in [1.29, 1.82) is 0 Å². The van der Waals surface area contributed by atoms with E-state index in [1.165, 1.54) is 52.8 Å². The number of rotatable bonds is 6. The molecule has 0 unspecified atom stereocenters. The lowest BCUT2D eigenvalue weighted by Crippen LogP contribution is -2.93. The number of fused-ring (bicyclic) bond motifs is 7. The first kappa shape index (κ1) is 39.6. The van der Waals surface area contributed by atoms with Gasteiger partial charge in [-0.15, -0.1) is 0 Å². The molecule has 3 heterocycles. The molecular weight excluding hydrogens is 746 g/mol. The Kier molecular flexibility index (Phi) is 9.09. The Hall–Kier alpha value is -2.84. The van der Waals surface area contributed by atoms with Crippen LogP contribution in [0.25, 0.3) is 0 Å². The molecule has 3 fully saturated rings. The molecule has 1 N–H and O–H groups in total. The minimum Gasteiger partial charge on any atom is -0.412 e. The minimum absolute atomic E-state index is 0.0550. The van der Waals surface area contributed by atoms with E-state index >= 15 is 4.80 Å². The zero-order chi connectivity index (χ0) is 40.7. The molecular formula is C50H67N3OPSi2+. The molecule has 4 aromatic carbocycles. The van der Waals surface area contributed by atoms with Crippen LogP contribution in [0.5, 0.6) is 0 Å². The Morgan fingerprint density at radius 1 is 0.649 bits per heavy atom. The van der Waals surface area contributed by atoms with Crippen molar-refractivity contribution >= 4 is 30.1 Å². The van der Waals surface area contributed by atoms with E-state index in [0.29, 0.717) is 23.7 Å². The molecule has 3 aliphatic heterocycles. The van der Waals surface area contributed by atoms with Crippen LogP contribution in [0, 0.1) is 11.8 Å². The molecule has 9 rings (SSSR count). The highest BCUT2D eigenvalue weighted by Crippen LogP contribution is 3.02. The van der Waals surface area contributed by atoms with Gasteiger partial charge in [-0.1, -0.05) is 137 Å². The van der Waals surface area contributed by atoms with Crippen molar-refractivity contribution in [3.05, 3.63) is 148 Å². The van der Waals surface area contributed by atoms with Crippen LogP contribution in [0.4, 0.5) is 5.69 Å². The van der Waals surface area contributed by atoms with Crippen LogP contribution < -0.4 is 4.57 Å². The molecule has 1 saturated carbocycles. The monoisotopic (exact) mass is 812 g/mol. The van der Waals surface area contributed by atoms with Gasteiger partial charge in [-0.2, -0.15) is 8.67 Å². The number of anilines is 1. The van der Waals surface area contributed by atoms with Gasteiger partial charge in [0.2, 0.25) is 0 Å². The number of hydrogen-bond donors (Lipinski definition) is 1. The second-order valence-corrected chi connectivity index (χ2v) is 32.7. The highest BCUT2D eigenvalue weighted by molar-refractivity contribution is 7.85. The van der Waals surface area contributed by atoms with E-state index in [2.05, 4.69) is 205 Å². The lowest BCUT2D eigenvalue weighted by molar-refractivity contribution is 0.201. The van der Waals surface area contributed by atoms with Crippen molar-refractivity contribution in [2.24, 2.45) is 11.8 Å². The summed E-state index contributed by atoms with van der Waals surface area (Å²) in [5.74, 6) is 1.65. The van der Waals surface area contributed by atoms with E-state index in [-0.39, 0.29) is 22.5 Å². The van der Waals surface area contributed by atoms with Gasteiger partial charge in [0.15, 0.2) is 12.3 Å². The van der Waals surface area contributed by atoms with Crippen LogP contribution >= 0.6 is 7.56 Å². The van der Waals surface area contributed by atoms with E-state index in [9.17, 15) is 0 Å². The molecule has 7 heteroatoms. The van der Waals surface area contributed by atoms with Gasteiger partial charge < -0.3 is 9.36 Å². The normalized spacial score (nSPS) is 30.5. The molecule has 57 heavy (non-hydrogen) atoms. The molecule has 4 nitrogen and oxygen atoms in total. The SMILES string of the molecule is CC(C)c1cccc(C(C)C)c1N1C2=C([C@@H]3CC[C@H]2C3)[P+]2(N(C(C)(C)C)[Si](C)(C)N2C(C)(C)C)[C@]2(c3ccccc3)[C@@H](c3ccccc3)[C@@H](c3ccccc3)[Si@]12O. The molecule has 6 atom stereocenters. The number of nitrogens with zero attached hydrogens (tertiary/aromatic N) is 3. The summed E-state index contributed by atoms with van der Waals surface area (Å²) in [7, 11) is -8.72. The molecule has 0 amide bonds. The maximum atomic E-state index is 15.8. The molecule has 2 saturated heterocycles. The molecule has 1 spiro atoms. The van der Waals surface area contributed by atoms with Crippen LogP contribution in [-0.4, -0.2) is 41.4 Å². The lowest BCUT2D eigenvalue weighted by Gasteiger charge is -2.82. The van der Waals surface area contributed by atoms with Crippen LogP contribution in [0.2, 0.25) is 13.1 Å². The van der Waals surface area contributed by atoms with E-state index < -0.39 is 29.2 Å². The van der Waals surface area contributed by atoms with Crippen molar-refractivity contribution in [1.82, 2.24) is 8.67 Å². The van der Waals surface area contributed by atoms with Crippen molar-refractivity contribution in [3.8, 4) is 0 Å². The fourth-order valence-corrected chi connectivity index (χ4v) is 40.4. The molecule has 0 radical (unpaired) electrons. The van der Waals surface area contributed by atoms with Gasteiger partial charge >= 0.3 is 8.48 Å². The highest BCUT2D eigenvalue weighted by atomic mass is 31.2. The smallest absolute Gasteiger partial charge is 0.365 e. The first-order chi connectivity index (χ1) is 26.9. The van der Waals surface area contributed by atoms with Crippen molar-refractivity contribution in [3.63, 3.8) is 0 Å². The molecule has 5 aliphatic rings. The van der Waals surface area contributed by atoms with E-state index in [1.54, 1.807) is 11.0 Å². The number of allylic oxidation sites excluding steroid dienone is 2. The Bertz CT molecular complexity index is 2160. The maximum Gasteiger partial charge on any atom is 0.365 e. The molecule has 4 aromatic rings. The molecule has 2 bridgehead atoms. The molecule has 0 aromatic heterocycles. The summed E-state index contributed by atoms with van der Waals surface area (Å²) in [5, 5.41) is 1.76. The fourth-order valence-electron chi connectivity index (χ4n) is 14.0. The fraction of sp³-hybridized carbons (Fsp3) is 0.480. The van der Waals surface area contributed by atoms with E-state index in [1.807, 2.05) is 0 Å². The van der Waals surface area contributed by atoms with Crippen molar-refractivity contribution in [2.75, 3.05) is 4.57 Å². The Morgan fingerprint density at radius 2 is 1.12 bits per heavy atom. The third kappa shape index (κ3) is 4.92. The quantitative estimate of drug-likeness (QED) is 0.155. The minimum atomic E-state index is -3.81.